The van der Waals surface area contributed by atoms with Crippen LogP contribution in [-0.4, -0.2) is 5.97 Å². The zero-order chi connectivity index (χ0) is 30.0. The lowest BCUT2D eigenvalue weighted by Crippen LogP contribution is -2.15. The molecule has 0 aliphatic heterocycles. The summed E-state index contributed by atoms with van der Waals surface area (Å²) in [6.45, 7) is 0. The van der Waals surface area contributed by atoms with E-state index in [1.54, 1.807) is 18.2 Å². The number of ether oxygens (including phenoxy) is 2. The maximum atomic E-state index is 14.0. The molecule has 43 heavy (non-hydrogen) atoms. The van der Waals surface area contributed by atoms with Gasteiger partial charge in [-0.25, -0.2) is 4.79 Å². The van der Waals surface area contributed by atoms with Gasteiger partial charge in [0.15, 0.2) is 0 Å². The van der Waals surface area contributed by atoms with Crippen molar-refractivity contribution in [3.8, 4) is 28.4 Å². The summed E-state index contributed by atoms with van der Waals surface area (Å²) in [5.74, 6) is -3.42. The smallest absolute Gasteiger partial charge is 0.449 e. The molecule has 0 bridgehead atoms. The first-order valence-corrected chi connectivity index (χ1v) is 13.2. The average molecular weight is 579 g/mol. The van der Waals surface area contributed by atoms with Gasteiger partial charge in [0.2, 0.25) is 11.2 Å². The van der Waals surface area contributed by atoms with E-state index in [9.17, 15) is 22.8 Å². The van der Waals surface area contributed by atoms with Gasteiger partial charge in [0.1, 0.15) is 17.1 Å². The third kappa shape index (κ3) is 5.90. The molecule has 0 aliphatic carbocycles. The number of hydrogen-bond donors (Lipinski definition) is 0. The lowest BCUT2D eigenvalue weighted by atomic mass is 10.0. The molecule has 0 fully saturated rings. The van der Waals surface area contributed by atoms with Crippen LogP contribution >= 0.6 is 0 Å². The van der Waals surface area contributed by atoms with Gasteiger partial charge in [-0.1, -0.05) is 84.9 Å². The van der Waals surface area contributed by atoms with E-state index in [1.807, 2.05) is 72.8 Å². The van der Waals surface area contributed by atoms with Crippen LogP contribution in [0.25, 0.3) is 38.9 Å². The third-order valence-corrected chi connectivity index (χ3v) is 6.70. The number of fused-ring (bicyclic) bond motifs is 2. The van der Waals surface area contributed by atoms with Gasteiger partial charge < -0.3 is 13.9 Å². The fourth-order valence-corrected chi connectivity index (χ4v) is 4.67. The first kappa shape index (κ1) is 27.5. The quantitative estimate of drug-likeness (QED) is 0.112. The molecule has 0 N–H and O–H groups in total. The second kappa shape index (κ2) is 11.3. The highest BCUT2D eigenvalue weighted by atomic mass is 19.4. The van der Waals surface area contributed by atoms with Crippen LogP contribution in [0.4, 0.5) is 13.2 Å². The van der Waals surface area contributed by atoms with Crippen LogP contribution in [0.5, 0.6) is 17.2 Å². The number of carbonyl (C=O) groups excluding carboxylic acids is 1. The number of halogens is 3. The van der Waals surface area contributed by atoms with Gasteiger partial charge in [-0.05, 0) is 57.8 Å². The lowest BCUT2D eigenvalue weighted by molar-refractivity contribution is -0.154. The van der Waals surface area contributed by atoms with Crippen molar-refractivity contribution in [2.75, 3.05) is 0 Å². The topological polar surface area (TPSA) is 65.7 Å². The highest BCUT2D eigenvalue weighted by molar-refractivity contribution is 5.95. The zero-order valence-corrected chi connectivity index (χ0v) is 22.3. The highest BCUT2D eigenvalue weighted by Gasteiger charge is 2.40. The monoisotopic (exact) mass is 578 g/mol. The Hall–Kier alpha value is -5.63. The van der Waals surface area contributed by atoms with Crippen molar-refractivity contribution in [1.82, 2.24) is 0 Å². The van der Waals surface area contributed by atoms with Gasteiger partial charge in [0, 0.05) is 12.1 Å². The number of hydrogen-bond acceptors (Lipinski definition) is 5. The first-order valence-electron chi connectivity index (χ1n) is 13.2. The highest BCUT2D eigenvalue weighted by Crippen LogP contribution is 2.39. The minimum absolute atomic E-state index is 0.0281. The fraction of sp³-hybridized carbons (Fsp3) is 0.0286. The molecule has 8 heteroatoms. The van der Waals surface area contributed by atoms with Crippen LogP contribution in [0.2, 0.25) is 0 Å². The van der Waals surface area contributed by atoms with E-state index in [4.69, 9.17) is 13.9 Å². The van der Waals surface area contributed by atoms with Gasteiger partial charge in [-0.3, -0.25) is 4.79 Å². The molecule has 0 unspecified atom stereocenters. The largest absolute Gasteiger partial charge is 0.453 e. The second-order valence-corrected chi connectivity index (χ2v) is 9.56. The Morgan fingerprint density at radius 1 is 0.721 bits per heavy atom. The van der Waals surface area contributed by atoms with Crippen LogP contribution < -0.4 is 14.9 Å². The maximum absolute atomic E-state index is 14.0. The van der Waals surface area contributed by atoms with E-state index >= 15 is 0 Å². The second-order valence-electron chi connectivity index (χ2n) is 9.56. The van der Waals surface area contributed by atoms with Crippen molar-refractivity contribution in [2.45, 2.75) is 6.18 Å². The van der Waals surface area contributed by atoms with Crippen molar-refractivity contribution in [3.05, 3.63) is 143 Å². The summed E-state index contributed by atoms with van der Waals surface area (Å²) in [7, 11) is 0. The Balaban J connectivity index is 1.27. The van der Waals surface area contributed by atoms with Crippen molar-refractivity contribution in [1.29, 1.82) is 0 Å². The van der Waals surface area contributed by atoms with E-state index in [0.717, 1.165) is 33.5 Å². The number of rotatable bonds is 6. The number of carbonyl (C=O) groups is 1. The minimum atomic E-state index is -5.04. The molecule has 5 nitrogen and oxygen atoms in total. The van der Waals surface area contributed by atoms with Gasteiger partial charge in [0.05, 0.1) is 5.39 Å². The summed E-state index contributed by atoms with van der Waals surface area (Å²) in [6.07, 6.45) is -2.24. The van der Waals surface area contributed by atoms with Gasteiger partial charge in [-0.2, -0.15) is 13.2 Å². The van der Waals surface area contributed by atoms with E-state index < -0.39 is 34.7 Å². The summed E-state index contributed by atoms with van der Waals surface area (Å²) in [5.41, 5.74) is 1.10. The summed E-state index contributed by atoms with van der Waals surface area (Å²) < 4.78 is 57.9. The first-order chi connectivity index (χ1) is 20.8. The van der Waals surface area contributed by atoms with E-state index in [1.165, 1.54) is 30.3 Å². The molecule has 0 aliphatic rings. The molecule has 212 valence electrons. The molecular weight excluding hydrogens is 557 g/mol. The zero-order valence-electron chi connectivity index (χ0n) is 22.3. The molecule has 6 rings (SSSR count). The molecule has 0 radical (unpaired) electrons. The van der Waals surface area contributed by atoms with Crippen LogP contribution in [0.3, 0.4) is 0 Å². The van der Waals surface area contributed by atoms with Gasteiger partial charge in [0.25, 0.3) is 5.76 Å². The Morgan fingerprint density at radius 2 is 1.40 bits per heavy atom. The summed E-state index contributed by atoms with van der Waals surface area (Å²) in [5, 5.41) is 1.76. The Bertz CT molecular complexity index is 2040. The molecule has 0 saturated carbocycles. The fourth-order valence-electron chi connectivity index (χ4n) is 4.67. The van der Waals surface area contributed by atoms with Crippen molar-refractivity contribution in [2.24, 2.45) is 0 Å². The van der Waals surface area contributed by atoms with Crippen molar-refractivity contribution < 1.29 is 31.9 Å². The van der Waals surface area contributed by atoms with Gasteiger partial charge >= 0.3 is 12.1 Å². The molecule has 0 saturated heterocycles. The number of benzene rings is 5. The van der Waals surface area contributed by atoms with Crippen molar-refractivity contribution in [3.63, 3.8) is 0 Å². The van der Waals surface area contributed by atoms with E-state index in [0.29, 0.717) is 0 Å². The molecule has 5 aromatic carbocycles. The van der Waals surface area contributed by atoms with Crippen LogP contribution in [-0.2, 0) is 11.0 Å². The van der Waals surface area contributed by atoms with Gasteiger partial charge in [-0.15, -0.1) is 0 Å². The average Bonchev–Trinajstić information content (AvgIpc) is 3.01. The number of alkyl halides is 3. The third-order valence-electron chi connectivity index (χ3n) is 6.70. The standard InChI is InChI=1S/C35H21F3O5/c36-35(37,38)34-33(42-26-16-13-23(14-17-26)22-7-2-1-3-8-22)32(40)29-19-18-27(21-30(29)43-34)41-31(39)20-15-25-11-6-10-24-9-4-5-12-28(24)25/h1-21H/b20-15+. The molecular formula is C35H21F3O5. The Labute approximate surface area is 243 Å². The summed E-state index contributed by atoms with van der Waals surface area (Å²) in [6, 6.07) is 32.6. The lowest BCUT2D eigenvalue weighted by Gasteiger charge is -2.14. The number of esters is 1. The molecule has 1 heterocycles. The minimum Gasteiger partial charge on any atom is -0.449 e. The molecule has 0 spiro atoms. The molecule has 0 amide bonds. The maximum Gasteiger partial charge on any atom is 0.453 e. The van der Waals surface area contributed by atoms with Crippen LogP contribution in [0.15, 0.2) is 131 Å². The van der Waals surface area contributed by atoms with E-state index in [-0.39, 0.29) is 16.9 Å². The predicted octanol–water partition coefficient (Wildman–Crippen LogP) is 9.04. The molecule has 6 aromatic rings. The molecule has 0 atom stereocenters. The van der Waals surface area contributed by atoms with Crippen LogP contribution in [0, 0.1) is 0 Å². The Morgan fingerprint density at radius 3 is 2.16 bits per heavy atom. The normalized spacial score (nSPS) is 11.7. The van der Waals surface area contributed by atoms with Crippen LogP contribution in [0.1, 0.15) is 11.3 Å². The SMILES string of the molecule is O=C(/C=C/c1cccc2ccccc12)Oc1ccc2c(=O)c(Oc3ccc(-c4ccccc4)cc3)c(C(F)(F)F)oc2c1. The predicted molar refractivity (Wildman–Crippen MR) is 158 cm³/mol. The molecule has 1 aromatic heterocycles. The summed E-state index contributed by atoms with van der Waals surface area (Å²) >= 11 is 0. The van der Waals surface area contributed by atoms with E-state index in [2.05, 4.69) is 0 Å². The summed E-state index contributed by atoms with van der Waals surface area (Å²) in [4.78, 5) is 25.7. The van der Waals surface area contributed by atoms with Crippen molar-refractivity contribution >= 4 is 33.8 Å². The Kier molecular flexibility index (Phi) is 7.26.